The molecule has 154 valence electrons. The van der Waals surface area contributed by atoms with Gasteiger partial charge in [0, 0.05) is 24.3 Å². The summed E-state index contributed by atoms with van der Waals surface area (Å²) in [5.41, 5.74) is 2.76. The summed E-state index contributed by atoms with van der Waals surface area (Å²) in [6.07, 6.45) is 4.42. The highest BCUT2D eigenvalue weighted by atomic mass is 32.1. The molecule has 0 saturated carbocycles. The van der Waals surface area contributed by atoms with Crippen LogP contribution in [0.2, 0.25) is 0 Å². The summed E-state index contributed by atoms with van der Waals surface area (Å²) >= 11 is 1.41. The molecule has 1 N–H and O–H groups in total. The van der Waals surface area contributed by atoms with Gasteiger partial charge in [-0.15, -0.1) is 11.3 Å². The lowest BCUT2D eigenvalue weighted by Gasteiger charge is -2.32. The Bertz CT molecular complexity index is 960. The van der Waals surface area contributed by atoms with Crippen LogP contribution in [-0.2, 0) is 6.42 Å². The Labute approximate surface area is 181 Å². The van der Waals surface area contributed by atoms with Crippen LogP contribution < -0.4 is 5.32 Å². The van der Waals surface area contributed by atoms with E-state index in [9.17, 15) is 9.59 Å². The third kappa shape index (κ3) is 5.16. The number of aryl methyl sites for hydroxylation is 1. The minimum atomic E-state index is -0.123. The Morgan fingerprint density at radius 1 is 0.933 bits per heavy atom. The number of thiophene rings is 1. The fraction of sp³-hybridized carbons (Fsp3) is 0.280. The number of likely N-dealkylation sites (tertiary alicyclic amines) is 1. The third-order valence-corrected chi connectivity index (χ3v) is 6.59. The van der Waals surface area contributed by atoms with Crippen LogP contribution in [0.25, 0.3) is 0 Å². The molecule has 1 aliphatic heterocycles. The van der Waals surface area contributed by atoms with E-state index in [0.29, 0.717) is 22.0 Å². The lowest BCUT2D eigenvalue weighted by molar-refractivity contribution is 0.0687. The van der Waals surface area contributed by atoms with Gasteiger partial charge in [-0.3, -0.25) is 9.59 Å². The minimum absolute atomic E-state index is 0.0765. The molecule has 1 fully saturated rings. The van der Waals surface area contributed by atoms with Crippen LogP contribution in [0.4, 0.5) is 5.69 Å². The van der Waals surface area contributed by atoms with Crippen LogP contribution in [0.3, 0.4) is 0 Å². The molecule has 30 heavy (non-hydrogen) atoms. The van der Waals surface area contributed by atoms with Crippen molar-refractivity contribution in [1.29, 1.82) is 0 Å². The van der Waals surface area contributed by atoms with Gasteiger partial charge in [-0.1, -0.05) is 36.4 Å². The average molecular weight is 419 g/mol. The monoisotopic (exact) mass is 418 g/mol. The van der Waals surface area contributed by atoms with E-state index in [0.717, 1.165) is 32.4 Å². The Morgan fingerprint density at radius 2 is 1.67 bits per heavy atom. The quantitative estimate of drug-likeness (QED) is 0.576. The van der Waals surface area contributed by atoms with Gasteiger partial charge in [0.15, 0.2) is 0 Å². The summed E-state index contributed by atoms with van der Waals surface area (Å²) in [7, 11) is 0. The van der Waals surface area contributed by atoms with E-state index in [1.165, 1.54) is 23.3 Å². The van der Waals surface area contributed by atoms with Gasteiger partial charge in [0.2, 0.25) is 0 Å². The van der Waals surface area contributed by atoms with Crippen molar-refractivity contribution in [1.82, 2.24) is 4.90 Å². The summed E-state index contributed by atoms with van der Waals surface area (Å²) in [5.74, 6) is 0.637. The van der Waals surface area contributed by atoms with Gasteiger partial charge in [-0.05, 0) is 72.9 Å². The fourth-order valence-electron chi connectivity index (χ4n) is 3.92. The topological polar surface area (TPSA) is 49.4 Å². The first kappa shape index (κ1) is 20.4. The van der Waals surface area contributed by atoms with Crippen molar-refractivity contribution in [3.05, 3.63) is 88.1 Å². The van der Waals surface area contributed by atoms with Crippen molar-refractivity contribution in [2.45, 2.75) is 25.7 Å². The molecule has 0 bridgehead atoms. The number of benzene rings is 2. The van der Waals surface area contributed by atoms with Crippen LogP contribution >= 0.6 is 11.3 Å². The number of amides is 2. The normalized spacial score (nSPS) is 14.5. The molecular weight excluding hydrogens is 392 g/mol. The van der Waals surface area contributed by atoms with E-state index in [-0.39, 0.29) is 11.8 Å². The SMILES string of the molecule is O=C(Nc1ccc(C(=O)N2CCC(CCc3ccccc3)CC2)cc1)c1cccs1. The van der Waals surface area contributed by atoms with E-state index in [2.05, 4.69) is 35.6 Å². The zero-order valence-corrected chi connectivity index (χ0v) is 17.7. The van der Waals surface area contributed by atoms with Gasteiger partial charge in [-0.25, -0.2) is 0 Å². The van der Waals surface area contributed by atoms with Gasteiger partial charge in [-0.2, -0.15) is 0 Å². The highest BCUT2D eigenvalue weighted by Gasteiger charge is 2.23. The minimum Gasteiger partial charge on any atom is -0.339 e. The molecule has 0 spiro atoms. The number of carbonyl (C=O) groups is 2. The number of anilines is 1. The Kier molecular flexibility index (Phi) is 6.60. The number of hydrogen-bond acceptors (Lipinski definition) is 3. The van der Waals surface area contributed by atoms with E-state index in [1.54, 1.807) is 30.3 Å². The molecule has 1 aromatic heterocycles. The molecule has 0 atom stereocenters. The number of rotatable bonds is 6. The molecule has 1 saturated heterocycles. The molecule has 0 radical (unpaired) electrons. The molecule has 4 nitrogen and oxygen atoms in total. The molecule has 1 aliphatic rings. The summed E-state index contributed by atoms with van der Waals surface area (Å²) in [5, 5.41) is 4.75. The molecule has 2 amide bonds. The highest BCUT2D eigenvalue weighted by Crippen LogP contribution is 2.24. The maximum atomic E-state index is 12.8. The zero-order chi connectivity index (χ0) is 20.8. The van der Waals surface area contributed by atoms with Crippen molar-refractivity contribution in [2.75, 3.05) is 18.4 Å². The first-order chi connectivity index (χ1) is 14.7. The maximum Gasteiger partial charge on any atom is 0.265 e. The second kappa shape index (κ2) is 9.72. The Balaban J connectivity index is 1.26. The van der Waals surface area contributed by atoms with E-state index in [1.807, 2.05) is 16.3 Å². The average Bonchev–Trinajstić information content (AvgIpc) is 3.34. The van der Waals surface area contributed by atoms with Crippen LogP contribution in [0, 0.1) is 5.92 Å². The molecular formula is C25H26N2O2S. The van der Waals surface area contributed by atoms with Crippen LogP contribution in [0.1, 0.15) is 44.9 Å². The van der Waals surface area contributed by atoms with Crippen LogP contribution in [0.5, 0.6) is 0 Å². The van der Waals surface area contributed by atoms with Gasteiger partial charge < -0.3 is 10.2 Å². The molecule has 0 unspecified atom stereocenters. The van der Waals surface area contributed by atoms with Crippen LogP contribution in [0.15, 0.2) is 72.1 Å². The molecule has 0 aliphatic carbocycles. The number of piperidine rings is 1. The van der Waals surface area contributed by atoms with E-state index < -0.39 is 0 Å². The zero-order valence-electron chi connectivity index (χ0n) is 16.9. The standard InChI is InChI=1S/C25H26N2O2S/c28-24(23-7-4-18-30-23)26-22-12-10-21(11-13-22)25(29)27-16-14-20(15-17-27)9-8-19-5-2-1-3-6-19/h1-7,10-13,18,20H,8-9,14-17H2,(H,26,28). The number of nitrogens with one attached hydrogen (secondary N) is 1. The summed E-state index contributed by atoms with van der Waals surface area (Å²) in [4.78, 5) is 27.6. The van der Waals surface area contributed by atoms with Gasteiger partial charge in [0.25, 0.3) is 11.8 Å². The number of carbonyl (C=O) groups excluding carboxylic acids is 2. The molecule has 2 heterocycles. The smallest absolute Gasteiger partial charge is 0.265 e. The fourth-order valence-corrected chi connectivity index (χ4v) is 4.54. The van der Waals surface area contributed by atoms with Gasteiger partial charge in [0.05, 0.1) is 4.88 Å². The Hall–Kier alpha value is -2.92. The van der Waals surface area contributed by atoms with E-state index >= 15 is 0 Å². The first-order valence-corrected chi connectivity index (χ1v) is 11.3. The second-order valence-electron chi connectivity index (χ2n) is 7.77. The van der Waals surface area contributed by atoms with Crippen molar-refractivity contribution in [3.63, 3.8) is 0 Å². The van der Waals surface area contributed by atoms with Crippen molar-refractivity contribution in [2.24, 2.45) is 5.92 Å². The number of nitrogens with zero attached hydrogens (tertiary/aromatic N) is 1. The largest absolute Gasteiger partial charge is 0.339 e. The van der Waals surface area contributed by atoms with Crippen molar-refractivity contribution >= 4 is 28.8 Å². The highest BCUT2D eigenvalue weighted by molar-refractivity contribution is 7.12. The summed E-state index contributed by atoms with van der Waals surface area (Å²) in [6.45, 7) is 1.63. The predicted molar refractivity (Wildman–Crippen MR) is 122 cm³/mol. The van der Waals surface area contributed by atoms with Crippen molar-refractivity contribution < 1.29 is 9.59 Å². The lowest BCUT2D eigenvalue weighted by atomic mass is 9.90. The molecule has 2 aromatic carbocycles. The van der Waals surface area contributed by atoms with Crippen LogP contribution in [-0.4, -0.2) is 29.8 Å². The third-order valence-electron chi connectivity index (χ3n) is 5.72. The van der Waals surface area contributed by atoms with Crippen molar-refractivity contribution in [3.8, 4) is 0 Å². The number of hydrogen-bond donors (Lipinski definition) is 1. The molecule has 3 aromatic rings. The first-order valence-electron chi connectivity index (χ1n) is 10.5. The van der Waals surface area contributed by atoms with Gasteiger partial charge in [0.1, 0.15) is 0 Å². The van der Waals surface area contributed by atoms with Gasteiger partial charge >= 0.3 is 0 Å². The Morgan fingerprint density at radius 3 is 2.33 bits per heavy atom. The molecule has 5 heteroatoms. The second-order valence-corrected chi connectivity index (χ2v) is 8.72. The summed E-state index contributed by atoms with van der Waals surface area (Å²) < 4.78 is 0. The molecule has 4 rings (SSSR count). The summed E-state index contributed by atoms with van der Waals surface area (Å²) in [6, 6.07) is 21.4. The predicted octanol–water partition coefficient (Wildman–Crippen LogP) is 5.49. The maximum absolute atomic E-state index is 12.8. The van der Waals surface area contributed by atoms with E-state index in [4.69, 9.17) is 0 Å². The lowest BCUT2D eigenvalue weighted by Crippen LogP contribution is -2.38.